The first-order valence-corrected chi connectivity index (χ1v) is 26.2. The second-order valence-electron chi connectivity index (χ2n) is 17.3. The van der Waals surface area contributed by atoms with Gasteiger partial charge in [-0.3, -0.25) is 9.59 Å². The van der Waals surface area contributed by atoms with Gasteiger partial charge in [0, 0.05) is 6.42 Å². The molecule has 6 heteroatoms. The maximum atomic E-state index is 13.2. The molecule has 0 saturated carbocycles. The first-order valence-electron chi connectivity index (χ1n) is 26.2. The summed E-state index contributed by atoms with van der Waals surface area (Å²) in [6.45, 7) is 6.33. The van der Waals surface area contributed by atoms with E-state index in [0.717, 1.165) is 83.5 Å². The van der Waals surface area contributed by atoms with Crippen LogP contribution < -0.4 is 5.32 Å². The third-order valence-corrected chi connectivity index (χ3v) is 11.2. The van der Waals surface area contributed by atoms with Crippen LogP contribution in [0.2, 0.25) is 0 Å². The number of nitrogens with one attached hydrogen (secondary N) is 1. The van der Waals surface area contributed by atoms with Crippen LogP contribution in [0.15, 0.2) is 109 Å². The van der Waals surface area contributed by atoms with E-state index in [2.05, 4.69) is 99.0 Å². The molecule has 364 valence electrons. The highest BCUT2D eigenvalue weighted by Gasteiger charge is 2.24. The lowest BCUT2D eigenvalue weighted by Gasteiger charge is -2.24. The summed E-state index contributed by atoms with van der Waals surface area (Å²) in [5, 5.41) is 23.7. The predicted octanol–water partition coefficient (Wildman–Crippen LogP) is 15.9. The quantitative estimate of drug-likeness (QED) is 0.0245. The summed E-state index contributed by atoms with van der Waals surface area (Å²) >= 11 is 0. The maximum absolute atomic E-state index is 13.2. The standard InChI is InChI=1S/C58H97NO5/c1-4-7-10-13-16-19-22-25-27-29-31-33-36-39-42-45-48-51-58(63)64-54(49-46-43-40-37-34-32-30-28-26-23-20-17-14-11-8-5-2)52-57(62)59-55(53-60)56(61)50-47-44-41-38-35-24-21-18-15-12-9-6-3/h11,14,16-17,19-20,23,25-28,30-34,39,42,54-56,60-61H,4-10,12-13,15,18,21-22,24,29,35-38,40-41,43-53H2,1-3H3,(H,59,62)/b14-11+,19-16-,20-17+,26-23+,27-25-,30-28+,33-31-,34-32+,42-39-. The molecule has 64 heavy (non-hydrogen) atoms. The van der Waals surface area contributed by atoms with Crippen LogP contribution in [0.5, 0.6) is 0 Å². The highest BCUT2D eigenvalue weighted by molar-refractivity contribution is 5.77. The monoisotopic (exact) mass is 888 g/mol. The zero-order chi connectivity index (χ0) is 46.7. The SMILES string of the molecule is CCC/C=C/C=C/C=C/C=C/C=C/CCCCCC(CC(=O)NC(CO)C(O)CCCCCCCCCCCCCC)OC(=O)CCC/C=C\C/C=C\C/C=C\C/C=C\CCCCC. The molecule has 0 bridgehead atoms. The van der Waals surface area contributed by atoms with Crippen molar-refractivity contribution in [1.29, 1.82) is 0 Å². The van der Waals surface area contributed by atoms with Crippen molar-refractivity contribution in [2.75, 3.05) is 6.61 Å². The Hall–Kier alpha value is -3.48. The molecule has 0 aromatic heterocycles. The van der Waals surface area contributed by atoms with Crippen molar-refractivity contribution in [1.82, 2.24) is 5.32 Å². The van der Waals surface area contributed by atoms with Gasteiger partial charge in [0.15, 0.2) is 0 Å². The van der Waals surface area contributed by atoms with Gasteiger partial charge in [-0.25, -0.2) is 0 Å². The van der Waals surface area contributed by atoms with E-state index < -0.39 is 18.2 Å². The lowest BCUT2D eigenvalue weighted by molar-refractivity contribution is -0.151. The minimum absolute atomic E-state index is 0.0210. The molecule has 0 rings (SSSR count). The van der Waals surface area contributed by atoms with Gasteiger partial charge in [-0.15, -0.1) is 0 Å². The van der Waals surface area contributed by atoms with E-state index in [0.29, 0.717) is 25.7 Å². The Morgan fingerprint density at radius 1 is 0.469 bits per heavy atom. The Kier molecular flexibility index (Phi) is 47.8. The van der Waals surface area contributed by atoms with Crippen LogP contribution in [0.4, 0.5) is 0 Å². The van der Waals surface area contributed by atoms with Crippen LogP contribution >= 0.6 is 0 Å². The van der Waals surface area contributed by atoms with Gasteiger partial charge >= 0.3 is 5.97 Å². The average Bonchev–Trinajstić information content (AvgIpc) is 3.29. The third kappa shape index (κ3) is 45.1. The number of aliphatic hydroxyl groups is 2. The second-order valence-corrected chi connectivity index (χ2v) is 17.3. The molecule has 0 heterocycles. The van der Waals surface area contributed by atoms with Crippen LogP contribution in [0.3, 0.4) is 0 Å². The molecule has 0 aromatic carbocycles. The van der Waals surface area contributed by atoms with Crippen LogP contribution in [-0.4, -0.2) is 46.9 Å². The molecule has 0 aliphatic rings. The van der Waals surface area contributed by atoms with Gasteiger partial charge in [-0.2, -0.15) is 0 Å². The van der Waals surface area contributed by atoms with Crippen molar-refractivity contribution >= 4 is 11.9 Å². The van der Waals surface area contributed by atoms with E-state index in [4.69, 9.17) is 4.74 Å². The van der Waals surface area contributed by atoms with Crippen LogP contribution in [0, 0.1) is 0 Å². The smallest absolute Gasteiger partial charge is 0.306 e. The Labute approximate surface area is 394 Å². The van der Waals surface area contributed by atoms with Crippen molar-refractivity contribution < 1.29 is 24.5 Å². The van der Waals surface area contributed by atoms with E-state index in [1.165, 1.54) is 83.5 Å². The molecule has 3 unspecified atom stereocenters. The van der Waals surface area contributed by atoms with Crippen molar-refractivity contribution in [3.05, 3.63) is 109 Å². The molecule has 3 N–H and O–H groups in total. The fourth-order valence-electron chi connectivity index (χ4n) is 7.22. The number of amides is 1. The number of esters is 1. The molecule has 1 amide bonds. The minimum atomic E-state index is -0.815. The van der Waals surface area contributed by atoms with E-state index in [1.807, 2.05) is 36.5 Å². The minimum Gasteiger partial charge on any atom is -0.462 e. The maximum Gasteiger partial charge on any atom is 0.306 e. The number of aliphatic hydroxyl groups excluding tert-OH is 2. The summed E-state index contributed by atoms with van der Waals surface area (Å²) in [6.07, 6.45) is 68.5. The summed E-state index contributed by atoms with van der Waals surface area (Å²) in [5.74, 6) is -0.592. The zero-order valence-electron chi connectivity index (χ0n) is 41.4. The van der Waals surface area contributed by atoms with Crippen molar-refractivity contribution in [3.8, 4) is 0 Å². The molecule has 0 aliphatic carbocycles. The van der Waals surface area contributed by atoms with Crippen LogP contribution in [0.1, 0.15) is 220 Å². The second kappa shape index (κ2) is 50.5. The Morgan fingerprint density at radius 2 is 0.891 bits per heavy atom. The number of hydrogen-bond donors (Lipinski definition) is 3. The average molecular weight is 888 g/mol. The van der Waals surface area contributed by atoms with Crippen LogP contribution in [-0.2, 0) is 14.3 Å². The number of rotatable bonds is 45. The van der Waals surface area contributed by atoms with Gasteiger partial charge in [0.1, 0.15) is 6.10 Å². The summed E-state index contributed by atoms with van der Waals surface area (Å²) in [5.41, 5.74) is 0. The van der Waals surface area contributed by atoms with Gasteiger partial charge in [0.2, 0.25) is 5.91 Å². The molecule has 0 saturated heterocycles. The highest BCUT2D eigenvalue weighted by atomic mass is 16.5. The molecule has 3 atom stereocenters. The van der Waals surface area contributed by atoms with Crippen molar-refractivity contribution in [2.45, 2.75) is 238 Å². The molecular weight excluding hydrogens is 791 g/mol. The van der Waals surface area contributed by atoms with Gasteiger partial charge in [0.05, 0.1) is 25.2 Å². The summed E-state index contributed by atoms with van der Waals surface area (Å²) in [6, 6.07) is -0.734. The number of carbonyl (C=O) groups is 2. The number of ether oxygens (including phenoxy) is 1. The molecular formula is C58H97NO5. The highest BCUT2D eigenvalue weighted by Crippen LogP contribution is 2.16. The van der Waals surface area contributed by atoms with E-state index in [9.17, 15) is 19.8 Å². The summed E-state index contributed by atoms with van der Waals surface area (Å²) in [4.78, 5) is 26.1. The molecule has 0 radical (unpaired) electrons. The first kappa shape index (κ1) is 60.5. The lowest BCUT2D eigenvalue weighted by Crippen LogP contribution is -2.46. The number of carbonyl (C=O) groups excluding carboxylic acids is 2. The number of allylic oxidation sites excluding steroid dienone is 18. The molecule has 0 fully saturated rings. The predicted molar refractivity (Wildman–Crippen MR) is 277 cm³/mol. The Morgan fingerprint density at radius 3 is 1.44 bits per heavy atom. The Bertz CT molecular complexity index is 1320. The van der Waals surface area contributed by atoms with E-state index in [-0.39, 0.29) is 24.9 Å². The summed E-state index contributed by atoms with van der Waals surface area (Å²) < 4.78 is 5.89. The molecule has 0 spiro atoms. The van der Waals surface area contributed by atoms with Crippen molar-refractivity contribution in [2.24, 2.45) is 0 Å². The van der Waals surface area contributed by atoms with Gasteiger partial charge in [-0.05, 0) is 83.5 Å². The fraction of sp³-hybridized carbons (Fsp3) is 0.655. The normalized spacial score (nSPS) is 14.1. The van der Waals surface area contributed by atoms with E-state index in [1.54, 1.807) is 0 Å². The largest absolute Gasteiger partial charge is 0.462 e. The topological polar surface area (TPSA) is 95.9 Å². The van der Waals surface area contributed by atoms with Crippen LogP contribution in [0.25, 0.3) is 0 Å². The third-order valence-electron chi connectivity index (χ3n) is 11.2. The summed E-state index contributed by atoms with van der Waals surface area (Å²) in [7, 11) is 0. The van der Waals surface area contributed by atoms with Gasteiger partial charge < -0.3 is 20.3 Å². The van der Waals surface area contributed by atoms with Gasteiger partial charge in [0.25, 0.3) is 0 Å². The zero-order valence-corrected chi connectivity index (χ0v) is 41.4. The van der Waals surface area contributed by atoms with Gasteiger partial charge in [-0.1, -0.05) is 233 Å². The first-order chi connectivity index (χ1) is 31.5. The van der Waals surface area contributed by atoms with E-state index >= 15 is 0 Å². The molecule has 6 nitrogen and oxygen atoms in total. The molecule has 0 aromatic rings. The lowest BCUT2D eigenvalue weighted by atomic mass is 10.0. The number of hydrogen-bond acceptors (Lipinski definition) is 5. The molecule has 0 aliphatic heterocycles. The van der Waals surface area contributed by atoms with Crippen molar-refractivity contribution in [3.63, 3.8) is 0 Å². The number of unbranched alkanes of at least 4 members (excludes halogenated alkanes) is 19. The fourth-order valence-corrected chi connectivity index (χ4v) is 7.22. The Balaban J connectivity index is 4.81.